The van der Waals surface area contributed by atoms with Crippen molar-refractivity contribution in [3.63, 3.8) is 0 Å². The summed E-state index contributed by atoms with van der Waals surface area (Å²) in [6, 6.07) is 32.4. The predicted molar refractivity (Wildman–Crippen MR) is 217 cm³/mol. The van der Waals surface area contributed by atoms with Crippen LogP contribution in [0.25, 0.3) is 12.2 Å². The van der Waals surface area contributed by atoms with Gasteiger partial charge in [-0.2, -0.15) is 0 Å². The molecule has 0 amide bonds. The van der Waals surface area contributed by atoms with E-state index in [1.807, 2.05) is 24.3 Å². The number of nitrogen functional groups attached to an aromatic ring is 1. The van der Waals surface area contributed by atoms with Crippen molar-refractivity contribution in [3.8, 4) is 0 Å². The molecule has 2 aliphatic rings. The minimum atomic E-state index is -0.789. The van der Waals surface area contributed by atoms with Gasteiger partial charge in [-0.15, -0.1) is 0 Å². The van der Waals surface area contributed by atoms with E-state index >= 15 is 0 Å². The van der Waals surface area contributed by atoms with E-state index in [4.69, 9.17) is 12.3 Å². The minimum absolute atomic E-state index is 0.733. The summed E-state index contributed by atoms with van der Waals surface area (Å²) in [7, 11) is 0. The molecule has 1 unspecified atom stereocenters. The van der Waals surface area contributed by atoms with Gasteiger partial charge in [0.15, 0.2) is 0 Å². The molecule has 0 saturated heterocycles. The second-order valence-electron chi connectivity index (χ2n) is 12.7. The Morgan fingerprint density at radius 2 is 1.46 bits per heavy atom. The molecule has 4 aromatic rings. The molecule has 0 fully saturated rings. The van der Waals surface area contributed by atoms with E-state index in [2.05, 4.69) is 164 Å². The average molecular weight is 648 g/mol. The van der Waals surface area contributed by atoms with Crippen molar-refractivity contribution in [2.45, 2.75) is 31.1 Å². The standard InChI is InChI=1S/C49H45N/c1-3-4-5-14-27-41-28-18-19-32-45(41)49(46-33-20-21-34-48(46)50)38(2)22-9-6-10-23-39(35-40-24-11-7-12-25-40)26-13-8-15-31-44-36-42-29-16-17-30-43(42)37-47(44)49/h3-16,18-29,32-34,36-37H,1-2,17,30-31,35,50H2/b5-4-,10-6+,15-8-,22-9+,26-13-,27-14-,39-23+. The summed E-state index contributed by atoms with van der Waals surface area (Å²) in [5.41, 5.74) is 18.8. The lowest BCUT2D eigenvalue weighted by Crippen LogP contribution is -2.34. The molecule has 246 valence electrons. The van der Waals surface area contributed by atoms with Gasteiger partial charge in [0.1, 0.15) is 0 Å². The summed E-state index contributed by atoms with van der Waals surface area (Å²) in [5.74, 6) is 0. The minimum Gasteiger partial charge on any atom is -0.398 e. The molecule has 4 aromatic carbocycles. The number of rotatable bonds is 7. The summed E-state index contributed by atoms with van der Waals surface area (Å²) in [6.07, 6.45) is 37.7. The van der Waals surface area contributed by atoms with Gasteiger partial charge in [-0.3, -0.25) is 0 Å². The van der Waals surface area contributed by atoms with Crippen molar-refractivity contribution < 1.29 is 0 Å². The molecule has 0 heterocycles. The van der Waals surface area contributed by atoms with E-state index in [9.17, 15) is 0 Å². The Bertz CT molecular complexity index is 2090. The first-order valence-corrected chi connectivity index (χ1v) is 17.4. The van der Waals surface area contributed by atoms with Gasteiger partial charge in [-0.25, -0.2) is 0 Å². The molecule has 0 aliphatic heterocycles. The molecule has 6 rings (SSSR count). The largest absolute Gasteiger partial charge is 0.398 e. The highest BCUT2D eigenvalue weighted by Gasteiger charge is 2.42. The number of aryl methyl sites for hydroxylation is 1. The molecule has 1 heteroatoms. The quantitative estimate of drug-likeness (QED) is 0.157. The molecule has 0 aromatic heterocycles. The Morgan fingerprint density at radius 1 is 0.680 bits per heavy atom. The number of hydrogen-bond donors (Lipinski definition) is 1. The monoisotopic (exact) mass is 647 g/mol. The van der Waals surface area contributed by atoms with Crippen LogP contribution in [0.3, 0.4) is 0 Å². The van der Waals surface area contributed by atoms with E-state index in [0.29, 0.717) is 0 Å². The van der Waals surface area contributed by atoms with Crippen LogP contribution < -0.4 is 5.73 Å². The van der Waals surface area contributed by atoms with Crippen LogP contribution in [0.1, 0.15) is 50.9 Å². The van der Waals surface area contributed by atoms with Crippen molar-refractivity contribution in [2.75, 3.05) is 5.73 Å². The molecular weight excluding hydrogens is 603 g/mol. The second kappa shape index (κ2) is 16.5. The van der Waals surface area contributed by atoms with E-state index in [1.54, 1.807) is 6.08 Å². The van der Waals surface area contributed by atoms with E-state index in [-0.39, 0.29) is 0 Å². The van der Waals surface area contributed by atoms with Gasteiger partial charge in [0, 0.05) is 5.69 Å². The van der Waals surface area contributed by atoms with Gasteiger partial charge in [0.2, 0.25) is 0 Å². The predicted octanol–water partition coefficient (Wildman–Crippen LogP) is 11.8. The third kappa shape index (κ3) is 7.53. The SMILES string of the molecule is C=C/C=C\C=C/c1ccccc1C1(c2ccccc2N)C(=C)/C=C/C=C/C=C(Cc2ccccc2)\C=C/C=C\Cc2cc3c(cc21)CCC=C3. The summed E-state index contributed by atoms with van der Waals surface area (Å²) in [5, 5.41) is 0. The fraction of sp³-hybridized carbons (Fsp3) is 0.102. The van der Waals surface area contributed by atoms with Crippen LogP contribution in [0.4, 0.5) is 5.69 Å². The average Bonchev–Trinajstić information content (AvgIpc) is 3.15. The zero-order chi connectivity index (χ0) is 34.6. The van der Waals surface area contributed by atoms with Crippen molar-refractivity contribution in [2.24, 2.45) is 0 Å². The molecule has 2 aliphatic carbocycles. The molecule has 2 N–H and O–H groups in total. The number of anilines is 1. The van der Waals surface area contributed by atoms with Crippen molar-refractivity contribution in [1.29, 1.82) is 0 Å². The van der Waals surface area contributed by atoms with Gasteiger partial charge >= 0.3 is 0 Å². The zero-order valence-corrected chi connectivity index (χ0v) is 28.7. The van der Waals surface area contributed by atoms with Crippen molar-refractivity contribution in [3.05, 3.63) is 245 Å². The molecule has 0 spiro atoms. The fourth-order valence-corrected chi connectivity index (χ4v) is 7.12. The van der Waals surface area contributed by atoms with E-state index in [1.165, 1.54) is 33.4 Å². The Balaban J connectivity index is 1.63. The van der Waals surface area contributed by atoms with E-state index < -0.39 is 5.41 Å². The normalized spacial score (nSPS) is 21.3. The number of para-hydroxylation sites is 1. The Morgan fingerprint density at radius 3 is 2.30 bits per heavy atom. The number of nitrogens with two attached hydrogens (primary N) is 1. The highest BCUT2D eigenvalue weighted by Crippen LogP contribution is 2.50. The molecule has 1 nitrogen and oxygen atoms in total. The summed E-state index contributed by atoms with van der Waals surface area (Å²) < 4.78 is 0. The fourth-order valence-electron chi connectivity index (χ4n) is 7.12. The summed E-state index contributed by atoms with van der Waals surface area (Å²) in [6.45, 7) is 8.74. The first-order valence-electron chi connectivity index (χ1n) is 17.4. The van der Waals surface area contributed by atoms with Gasteiger partial charge < -0.3 is 5.73 Å². The summed E-state index contributed by atoms with van der Waals surface area (Å²) in [4.78, 5) is 0. The van der Waals surface area contributed by atoms with E-state index in [0.717, 1.165) is 53.6 Å². The van der Waals surface area contributed by atoms with Crippen LogP contribution in [0.5, 0.6) is 0 Å². The number of benzene rings is 4. The lowest BCUT2D eigenvalue weighted by Gasteiger charge is -2.40. The lowest BCUT2D eigenvalue weighted by atomic mass is 9.61. The summed E-state index contributed by atoms with van der Waals surface area (Å²) >= 11 is 0. The molecule has 1 atom stereocenters. The Labute approximate surface area is 298 Å². The maximum absolute atomic E-state index is 7.02. The van der Waals surface area contributed by atoms with Crippen LogP contribution in [0.2, 0.25) is 0 Å². The van der Waals surface area contributed by atoms with Crippen molar-refractivity contribution >= 4 is 17.8 Å². The lowest BCUT2D eigenvalue weighted by molar-refractivity contribution is 0.734. The third-order valence-electron chi connectivity index (χ3n) is 9.47. The number of allylic oxidation sites excluding steroid dienone is 16. The second-order valence-corrected chi connectivity index (χ2v) is 12.7. The van der Waals surface area contributed by atoms with Gasteiger partial charge in [-0.05, 0) is 87.4 Å². The smallest absolute Gasteiger partial charge is 0.0724 e. The number of hydrogen-bond acceptors (Lipinski definition) is 1. The Kier molecular flexibility index (Phi) is 11.2. The zero-order valence-electron chi connectivity index (χ0n) is 28.7. The molecular formula is C49H45N. The first kappa shape index (κ1) is 34.0. The Hall–Kier alpha value is -5.92. The van der Waals surface area contributed by atoms with Gasteiger partial charge in [0.05, 0.1) is 5.41 Å². The molecule has 0 saturated carbocycles. The number of fused-ring (bicyclic) bond motifs is 2. The van der Waals surface area contributed by atoms with Crippen LogP contribution in [0, 0.1) is 0 Å². The first-order chi connectivity index (χ1) is 24.6. The van der Waals surface area contributed by atoms with Crippen LogP contribution >= 0.6 is 0 Å². The third-order valence-corrected chi connectivity index (χ3v) is 9.47. The maximum atomic E-state index is 7.02. The van der Waals surface area contributed by atoms with Crippen LogP contribution in [0.15, 0.2) is 200 Å². The molecule has 0 radical (unpaired) electrons. The molecule has 50 heavy (non-hydrogen) atoms. The van der Waals surface area contributed by atoms with Gasteiger partial charge in [0.25, 0.3) is 0 Å². The topological polar surface area (TPSA) is 26.0 Å². The van der Waals surface area contributed by atoms with Crippen molar-refractivity contribution in [1.82, 2.24) is 0 Å². The van der Waals surface area contributed by atoms with Crippen LogP contribution in [-0.2, 0) is 24.7 Å². The van der Waals surface area contributed by atoms with Crippen LogP contribution in [-0.4, -0.2) is 0 Å². The van der Waals surface area contributed by atoms with Gasteiger partial charge in [-0.1, -0.05) is 195 Å². The maximum Gasteiger partial charge on any atom is 0.0724 e. The highest BCUT2D eigenvalue weighted by molar-refractivity contribution is 5.74. The highest BCUT2D eigenvalue weighted by atomic mass is 14.6. The molecule has 0 bridgehead atoms.